The van der Waals surface area contributed by atoms with E-state index in [0.717, 1.165) is 6.20 Å². The Kier molecular flexibility index (Phi) is 3.51. The van der Waals surface area contributed by atoms with Crippen molar-refractivity contribution in [3.8, 4) is 0 Å². The first-order valence-electron chi connectivity index (χ1n) is 3.68. The van der Waals surface area contributed by atoms with Gasteiger partial charge in [-0.25, -0.2) is 0 Å². The molecule has 0 atom stereocenters. The van der Waals surface area contributed by atoms with Gasteiger partial charge in [0, 0.05) is 17.8 Å². The Bertz CT molecular complexity index is 212. The molecule has 0 aromatic carbocycles. The first kappa shape index (κ1) is 12.0. The van der Waals surface area contributed by atoms with E-state index >= 15 is 0 Å². The molecular weight excluding hydrogens is 183 g/mol. The van der Waals surface area contributed by atoms with Crippen LogP contribution in [0.3, 0.4) is 0 Å². The van der Waals surface area contributed by atoms with Crippen molar-refractivity contribution in [3.05, 3.63) is 12.3 Å². The third-order valence-corrected chi connectivity index (χ3v) is 1.03. The Morgan fingerprint density at radius 2 is 1.69 bits per heavy atom. The molecular formula is C8H12F3NO. The number of carbonyl (C=O) groups is 1. The first-order valence-corrected chi connectivity index (χ1v) is 3.68. The molecule has 0 heterocycles. The van der Waals surface area contributed by atoms with Gasteiger partial charge in [-0.1, -0.05) is 0 Å². The van der Waals surface area contributed by atoms with Crippen LogP contribution in [0.15, 0.2) is 12.3 Å². The van der Waals surface area contributed by atoms with Crippen molar-refractivity contribution in [1.82, 2.24) is 5.32 Å². The first-order chi connectivity index (χ1) is 5.63. The lowest BCUT2D eigenvalue weighted by Gasteiger charge is -2.18. The summed E-state index contributed by atoms with van der Waals surface area (Å²) >= 11 is 0. The summed E-state index contributed by atoms with van der Waals surface area (Å²) in [7, 11) is 0. The molecule has 0 fully saturated rings. The molecule has 0 aliphatic heterocycles. The summed E-state index contributed by atoms with van der Waals surface area (Å²) in [6.45, 7) is 5.32. The Morgan fingerprint density at radius 1 is 1.23 bits per heavy atom. The Morgan fingerprint density at radius 3 is 2.00 bits per heavy atom. The van der Waals surface area contributed by atoms with Gasteiger partial charge in [0.25, 0.3) is 5.78 Å². The highest BCUT2D eigenvalue weighted by Gasteiger charge is 2.36. The van der Waals surface area contributed by atoms with Crippen LogP contribution in [-0.4, -0.2) is 17.5 Å². The maximum absolute atomic E-state index is 11.6. The monoisotopic (exact) mass is 195 g/mol. The molecule has 2 nitrogen and oxygen atoms in total. The molecule has 5 heteroatoms. The fourth-order valence-corrected chi connectivity index (χ4v) is 0.462. The highest BCUT2D eigenvalue weighted by molar-refractivity contribution is 5.94. The van der Waals surface area contributed by atoms with Gasteiger partial charge < -0.3 is 5.32 Å². The third kappa shape index (κ3) is 6.19. The third-order valence-electron chi connectivity index (χ3n) is 1.03. The van der Waals surface area contributed by atoms with Gasteiger partial charge >= 0.3 is 6.18 Å². The van der Waals surface area contributed by atoms with Crippen LogP contribution in [0.25, 0.3) is 0 Å². The minimum absolute atomic E-state index is 0.345. The molecule has 0 aromatic rings. The summed E-state index contributed by atoms with van der Waals surface area (Å²) in [4.78, 5) is 10.3. The van der Waals surface area contributed by atoms with Crippen LogP contribution in [0.5, 0.6) is 0 Å². The number of rotatable bonds is 2. The van der Waals surface area contributed by atoms with Crippen molar-refractivity contribution in [2.24, 2.45) is 0 Å². The topological polar surface area (TPSA) is 29.1 Å². The second kappa shape index (κ2) is 3.81. The van der Waals surface area contributed by atoms with Gasteiger partial charge in [0.1, 0.15) is 0 Å². The predicted octanol–water partition coefficient (Wildman–Crippen LogP) is 2.02. The zero-order valence-corrected chi connectivity index (χ0v) is 7.70. The molecule has 0 aliphatic rings. The lowest BCUT2D eigenvalue weighted by atomic mass is 10.1. The van der Waals surface area contributed by atoms with E-state index in [1.807, 2.05) is 0 Å². The van der Waals surface area contributed by atoms with E-state index in [1.165, 1.54) is 0 Å². The summed E-state index contributed by atoms with van der Waals surface area (Å²) in [6, 6.07) is 0. The van der Waals surface area contributed by atoms with Crippen molar-refractivity contribution in [2.75, 3.05) is 0 Å². The van der Waals surface area contributed by atoms with Gasteiger partial charge in [-0.15, -0.1) is 0 Å². The zero-order chi connectivity index (χ0) is 10.7. The van der Waals surface area contributed by atoms with Crippen LogP contribution in [0, 0.1) is 0 Å². The fraction of sp³-hybridized carbons (Fsp3) is 0.625. The summed E-state index contributed by atoms with van der Waals surface area (Å²) in [6.07, 6.45) is -3.29. The molecule has 13 heavy (non-hydrogen) atoms. The SMILES string of the molecule is CC(C)(C)N/C=C\C(=O)C(F)(F)F. The minimum Gasteiger partial charge on any atom is -0.386 e. The Balaban J connectivity index is 4.09. The number of nitrogens with one attached hydrogen (secondary N) is 1. The van der Waals surface area contributed by atoms with Crippen LogP contribution >= 0.6 is 0 Å². The maximum Gasteiger partial charge on any atom is 0.454 e. The van der Waals surface area contributed by atoms with Gasteiger partial charge in [0.15, 0.2) is 0 Å². The standard InChI is InChI=1S/C8H12F3NO/c1-7(2,3)12-5-4-6(13)8(9,10)11/h4-5,12H,1-3H3/b5-4-. The van der Waals surface area contributed by atoms with Crippen LogP contribution in [0.4, 0.5) is 13.2 Å². The molecule has 0 amide bonds. The lowest BCUT2D eigenvalue weighted by Crippen LogP contribution is -2.31. The normalized spacial score (nSPS) is 13.4. The molecule has 0 rings (SSSR count). The molecule has 0 aliphatic carbocycles. The average Bonchev–Trinajstić information content (AvgIpc) is 1.82. The van der Waals surface area contributed by atoms with E-state index in [-0.39, 0.29) is 5.54 Å². The number of halogens is 3. The Labute approximate surface area is 74.8 Å². The van der Waals surface area contributed by atoms with Crippen molar-refractivity contribution < 1.29 is 18.0 Å². The van der Waals surface area contributed by atoms with Gasteiger partial charge in [-0.2, -0.15) is 13.2 Å². The van der Waals surface area contributed by atoms with Crippen molar-refractivity contribution in [1.29, 1.82) is 0 Å². The highest BCUT2D eigenvalue weighted by Crippen LogP contribution is 2.16. The highest BCUT2D eigenvalue weighted by atomic mass is 19.4. The van der Waals surface area contributed by atoms with Crippen LogP contribution in [0.1, 0.15) is 20.8 Å². The van der Waals surface area contributed by atoms with Crippen molar-refractivity contribution in [2.45, 2.75) is 32.5 Å². The Hall–Kier alpha value is -1.00. The van der Waals surface area contributed by atoms with E-state index in [4.69, 9.17) is 0 Å². The number of carbonyl (C=O) groups excluding carboxylic acids is 1. The van der Waals surface area contributed by atoms with E-state index in [2.05, 4.69) is 5.32 Å². The van der Waals surface area contributed by atoms with Crippen LogP contribution in [-0.2, 0) is 4.79 Å². The molecule has 0 unspecified atom stereocenters. The maximum atomic E-state index is 11.6. The molecule has 1 N–H and O–H groups in total. The van der Waals surface area contributed by atoms with E-state index in [1.54, 1.807) is 20.8 Å². The zero-order valence-electron chi connectivity index (χ0n) is 7.70. The van der Waals surface area contributed by atoms with Gasteiger partial charge in [0.2, 0.25) is 0 Å². The number of alkyl halides is 3. The molecule has 76 valence electrons. The number of hydrogen-bond acceptors (Lipinski definition) is 2. The molecule has 0 bridgehead atoms. The van der Waals surface area contributed by atoms with Gasteiger partial charge in [-0.3, -0.25) is 4.79 Å². The van der Waals surface area contributed by atoms with Crippen LogP contribution in [0.2, 0.25) is 0 Å². The summed E-state index contributed by atoms with van der Waals surface area (Å²) in [5, 5.41) is 2.62. The predicted molar refractivity (Wildman–Crippen MR) is 43.1 cm³/mol. The minimum atomic E-state index is -4.78. The second-order valence-corrected chi connectivity index (χ2v) is 3.59. The molecule has 0 saturated heterocycles. The van der Waals surface area contributed by atoms with Crippen LogP contribution < -0.4 is 5.32 Å². The largest absolute Gasteiger partial charge is 0.454 e. The number of hydrogen-bond donors (Lipinski definition) is 1. The molecule has 0 radical (unpaired) electrons. The van der Waals surface area contributed by atoms with E-state index in [9.17, 15) is 18.0 Å². The van der Waals surface area contributed by atoms with E-state index < -0.39 is 12.0 Å². The van der Waals surface area contributed by atoms with Gasteiger partial charge in [0.05, 0.1) is 0 Å². The summed E-state index contributed by atoms with van der Waals surface area (Å²) in [5.41, 5.74) is -0.345. The lowest BCUT2D eigenvalue weighted by molar-refractivity contribution is -0.165. The van der Waals surface area contributed by atoms with Gasteiger partial charge in [-0.05, 0) is 20.8 Å². The number of allylic oxidation sites excluding steroid dienone is 1. The van der Waals surface area contributed by atoms with Crippen molar-refractivity contribution in [3.63, 3.8) is 0 Å². The van der Waals surface area contributed by atoms with E-state index in [0.29, 0.717) is 6.08 Å². The summed E-state index contributed by atoms with van der Waals surface area (Å²) in [5.74, 6) is -1.86. The quantitative estimate of drug-likeness (QED) is 0.683. The molecule has 0 spiro atoms. The summed E-state index contributed by atoms with van der Waals surface area (Å²) < 4.78 is 34.9. The second-order valence-electron chi connectivity index (χ2n) is 3.59. The van der Waals surface area contributed by atoms with Crippen molar-refractivity contribution >= 4 is 5.78 Å². The molecule has 0 saturated carbocycles. The average molecular weight is 195 g/mol. The fourth-order valence-electron chi connectivity index (χ4n) is 0.462. The number of ketones is 1. The smallest absolute Gasteiger partial charge is 0.386 e. The molecule has 0 aromatic heterocycles.